The molecule has 5 aromatic rings. The van der Waals surface area contributed by atoms with Crippen LogP contribution in [0.4, 0.5) is 0 Å². The van der Waals surface area contributed by atoms with Gasteiger partial charge in [-0.25, -0.2) is 0 Å². The minimum absolute atomic E-state index is 0.293. The Morgan fingerprint density at radius 2 is 0.739 bits per heavy atom. The van der Waals surface area contributed by atoms with Crippen molar-refractivity contribution in [1.82, 2.24) is 0 Å². The molecule has 244 valence electrons. The number of benzene rings is 5. The standard InChI is InChI=1S/C19H24O2.C10H14O.2C6H6O/c1-2-3-4-5-6-15-21-19-13-9-17(10-14-19)16-7-11-18(20)12-8-16;1-2-3-9-11-10-7-5-4-6-8-10;2*7-6-4-2-1-3-5-6/h7-14,20H,2-6,15H2,1H3;4-8H,2-3,9H2,1H3;2*1-5,7H. The highest BCUT2D eigenvalue weighted by Gasteiger charge is 1.99. The van der Waals surface area contributed by atoms with Crippen LogP contribution in [-0.4, -0.2) is 28.5 Å². The molecule has 0 unspecified atom stereocenters. The van der Waals surface area contributed by atoms with Crippen molar-refractivity contribution in [3.63, 3.8) is 0 Å². The van der Waals surface area contributed by atoms with Crippen LogP contribution in [-0.2, 0) is 0 Å². The monoisotopic (exact) mass is 622 g/mol. The second kappa shape index (κ2) is 24.4. The number of phenolic OH excluding ortho intramolecular Hbond substituents is 3. The van der Waals surface area contributed by atoms with E-state index in [-0.39, 0.29) is 0 Å². The van der Waals surface area contributed by atoms with Crippen LogP contribution < -0.4 is 9.47 Å². The van der Waals surface area contributed by atoms with Crippen LogP contribution in [0.1, 0.15) is 58.8 Å². The summed E-state index contributed by atoms with van der Waals surface area (Å²) in [6.45, 7) is 6.02. The minimum atomic E-state index is 0.293. The van der Waals surface area contributed by atoms with Crippen LogP contribution >= 0.6 is 0 Å². The van der Waals surface area contributed by atoms with E-state index < -0.39 is 0 Å². The van der Waals surface area contributed by atoms with Crippen molar-refractivity contribution in [1.29, 1.82) is 0 Å². The molecule has 0 spiro atoms. The summed E-state index contributed by atoms with van der Waals surface area (Å²) in [5, 5.41) is 26.6. The van der Waals surface area contributed by atoms with Gasteiger partial charge in [0.1, 0.15) is 28.7 Å². The first-order valence-corrected chi connectivity index (χ1v) is 16.2. The average Bonchev–Trinajstić information content (AvgIpc) is 3.09. The number of aromatic hydroxyl groups is 3. The molecule has 0 bridgehead atoms. The Morgan fingerprint density at radius 1 is 0.370 bits per heavy atom. The average molecular weight is 623 g/mol. The summed E-state index contributed by atoms with van der Waals surface area (Å²) < 4.78 is 11.2. The molecular formula is C41H50O5. The largest absolute Gasteiger partial charge is 0.508 e. The van der Waals surface area contributed by atoms with Crippen LogP contribution in [0.3, 0.4) is 0 Å². The first-order valence-electron chi connectivity index (χ1n) is 16.2. The van der Waals surface area contributed by atoms with Gasteiger partial charge in [-0.05, 0) is 84.6 Å². The molecule has 0 heterocycles. The maximum atomic E-state index is 9.30. The third-order valence-corrected chi connectivity index (χ3v) is 6.59. The number of para-hydroxylation sites is 3. The molecule has 0 aliphatic rings. The predicted molar refractivity (Wildman–Crippen MR) is 191 cm³/mol. The van der Waals surface area contributed by atoms with Gasteiger partial charge in [0.25, 0.3) is 0 Å². The van der Waals surface area contributed by atoms with E-state index in [4.69, 9.17) is 19.7 Å². The van der Waals surface area contributed by atoms with Crippen molar-refractivity contribution in [2.45, 2.75) is 58.8 Å². The zero-order chi connectivity index (χ0) is 33.1. The quantitative estimate of drug-likeness (QED) is 0.121. The van der Waals surface area contributed by atoms with E-state index in [9.17, 15) is 5.11 Å². The van der Waals surface area contributed by atoms with Crippen molar-refractivity contribution in [2.24, 2.45) is 0 Å². The second-order valence-electron chi connectivity index (χ2n) is 10.5. The van der Waals surface area contributed by atoms with Crippen molar-refractivity contribution >= 4 is 0 Å². The molecular weight excluding hydrogens is 572 g/mol. The van der Waals surface area contributed by atoms with Crippen LogP contribution in [0.5, 0.6) is 28.7 Å². The Balaban J connectivity index is 0.000000243. The predicted octanol–water partition coefficient (Wildman–Crippen LogP) is 11.1. The third kappa shape index (κ3) is 18.0. The van der Waals surface area contributed by atoms with E-state index in [2.05, 4.69) is 26.0 Å². The highest BCUT2D eigenvalue weighted by Crippen LogP contribution is 2.24. The number of hydrogen-bond acceptors (Lipinski definition) is 5. The first kappa shape index (κ1) is 37.3. The molecule has 0 aromatic heterocycles. The number of ether oxygens (including phenoxy) is 2. The number of phenols is 3. The molecule has 5 heteroatoms. The Kier molecular flexibility index (Phi) is 19.8. The van der Waals surface area contributed by atoms with E-state index in [0.717, 1.165) is 48.7 Å². The van der Waals surface area contributed by atoms with Crippen molar-refractivity contribution in [2.75, 3.05) is 13.2 Å². The van der Waals surface area contributed by atoms with Gasteiger partial charge in [-0.15, -0.1) is 0 Å². The first-order chi connectivity index (χ1) is 22.5. The summed E-state index contributed by atoms with van der Waals surface area (Å²) in [6, 6.07) is 42.7. The lowest BCUT2D eigenvalue weighted by Crippen LogP contribution is -1.97. The molecule has 0 aliphatic heterocycles. The van der Waals surface area contributed by atoms with Gasteiger partial charge in [-0.2, -0.15) is 0 Å². The van der Waals surface area contributed by atoms with Gasteiger partial charge >= 0.3 is 0 Å². The van der Waals surface area contributed by atoms with Crippen molar-refractivity contribution in [3.05, 3.63) is 140 Å². The molecule has 46 heavy (non-hydrogen) atoms. The summed E-state index contributed by atoms with van der Waals surface area (Å²) in [7, 11) is 0. The smallest absolute Gasteiger partial charge is 0.119 e. The molecule has 5 nitrogen and oxygen atoms in total. The number of rotatable bonds is 12. The van der Waals surface area contributed by atoms with E-state index in [1.807, 2.05) is 66.7 Å². The molecule has 3 N–H and O–H groups in total. The normalized spacial score (nSPS) is 9.70. The molecule has 5 aromatic carbocycles. The van der Waals surface area contributed by atoms with E-state index in [0.29, 0.717) is 17.2 Å². The topological polar surface area (TPSA) is 79.2 Å². The van der Waals surface area contributed by atoms with E-state index in [1.54, 1.807) is 60.7 Å². The van der Waals surface area contributed by atoms with Gasteiger partial charge in [0.15, 0.2) is 0 Å². The Morgan fingerprint density at radius 3 is 1.17 bits per heavy atom. The number of unbranched alkanes of at least 4 members (excludes halogenated alkanes) is 5. The Bertz CT molecular complexity index is 1340. The zero-order valence-corrected chi connectivity index (χ0v) is 27.3. The summed E-state index contributed by atoms with van der Waals surface area (Å²) in [5.41, 5.74) is 2.23. The molecule has 0 amide bonds. The van der Waals surface area contributed by atoms with Crippen LogP contribution in [0.15, 0.2) is 140 Å². The van der Waals surface area contributed by atoms with E-state index in [1.165, 1.54) is 32.1 Å². The fourth-order valence-corrected chi connectivity index (χ4v) is 4.00. The molecule has 5 rings (SSSR count). The lowest BCUT2D eigenvalue weighted by Gasteiger charge is -2.07. The van der Waals surface area contributed by atoms with Gasteiger partial charge in [-0.3, -0.25) is 0 Å². The maximum Gasteiger partial charge on any atom is 0.119 e. The molecule has 0 radical (unpaired) electrons. The van der Waals surface area contributed by atoms with Crippen LogP contribution in [0.25, 0.3) is 11.1 Å². The zero-order valence-electron chi connectivity index (χ0n) is 27.3. The second-order valence-corrected chi connectivity index (χ2v) is 10.5. The fourth-order valence-electron chi connectivity index (χ4n) is 4.00. The summed E-state index contributed by atoms with van der Waals surface area (Å²) >= 11 is 0. The number of hydrogen-bond donors (Lipinski definition) is 3. The Hall–Kier alpha value is -4.90. The molecule has 0 atom stereocenters. The van der Waals surface area contributed by atoms with Gasteiger partial charge in [-0.1, -0.05) is 125 Å². The van der Waals surface area contributed by atoms with Crippen molar-refractivity contribution in [3.8, 4) is 39.9 Å². The maximum absolute atomic E-state index is 9.30. The third-order valence-electron chi connectivity index (χ3n) is 6.59. The lowest BCUT2D eigenvalue weighted by molar-refractivity contribution is 0.304. The summed E-state index contributed by atoms with van der Waals surface area (Å²) in [5.74, 6) is 2.83. The Labute approximate surface area is 275 Å². The molecule has 0 aliphatic carbocycles. The fraction of sp³-hybridized carbons (Fsp3) is 0.268. The van der Waals surface area contributed by atoms with Gasteiger partial charge in [0, 0.05) is 0 Å². The van der Waals surface area contributed by atoms with Crippen LogP contribution in [0.2, 0.25) is 0 Å². The van der Waals surface area contributed by atoms with Crippen LogP contribution in [0, 0.1) is 0 Å². The highest BCUT2D eigenvalue weighted by molar-refractivity contribution is 5.64. The van der Waals surface area contributed by atoms with Gasteiger partial charge < -0.3 is 24.8 Å². The van der Waals surface area contributed by atoms with E-state index >= 15 is 0 Å². The lowest BCUT2D eigenvalue weighted by atomic mass is 10.1. The summed E-state index contributed by atoms with van der Waals surface area (Å²) in [4.78, 5) is 0. The molecule has 0 fully saturated rings. The minimum Gasteiger partial charge on any atom is -0.508 e. The van der Waals surface area contributed by atoms with Gasteiger partial charge in [0.05, 0.1) is 13.2 Å². The molecule has 0 saturated carbocycles. The highest BCUT2D eigenvalue weighted by atomic mass is 16.5. The van der Waals surface area contributed by atoms with Gasteiger partial charge in [0.2, 0.25) is 0 Å². The van der Waals surface area contributed by atoms with Crippen molar-refractivity contribution < 1.29 is 24.8 Å². The SMILES string of the molecule is CCCCCCCOc1ccc(-c2ccc(O)cc2)cc1.CCCCOc1ccccc1.Oc1ccccc1.Oc1ccccc1. The molecule has 0 saturated heterocycles. The summed E-state index contributed by atoms with van der Waals surface area (Å²) in [6.07, 6.45) is 8.60.